The summed E-state index contributed by atoms with van der Waals surface area (Å²) in [6.45, 7) is 0. The van der Waals surface area contributed by atoms with E-state index >= 15 is 0 Å². The van der Waals surface area contributed by atoms with E-state index in [9.17, 15) is 4.79 Å². The fraction of sp³-hybridized carbons (Fsp3) is 0. The molecule has 5 aromatic rings. The number of halogens is 1. The molecule has 0 unspecified atom stereocenters. The molecule has 0 radical (unpaired) electrons. The second kappa shape index (κ2) is 9.92. The number of hydrogen-bond acceptors (Lipinski definition) is 6. The lowest BCUT2D eigenvalue weighted by molar-refractivity contribution is -0.115. The normalized spacial score (nSPS) is 11.1. The van der Waals surface area contributed by atoms with Crippen LogP contribution in [0.3, 0.4) is 0 Å². The van der Waals surface area contributed by atoms with Crippen LogP contribution in [0.1, 0.15) is 5.76 Å². The number of carbonyl (C=O) groups excluding carboxylic acids is 1. The van der Waals surface area contributed by atoms with E-state index in [1.807, 2.05) is 36.4 Å². The van der Waals surface area contributed by atoms with Crippen molar-refractivity contribution in [3.05, 3.63) is 95.9 Å². The molecule has 0 saturated carbocycles. The summed E-state index contributed by atoms with van der Waals surface area (Å²) in [6, 6.07) is 22.0. The molecule has 2 N–H and O–H groups in total. The molecule has 9 heteroatoms. The number of carbonyl (C=O) groups is 1. The first-order valence-corrected chi connectivity index (χ1v) is 11.3. The van der Waals surface area contributed by atoms with Gasteiger partial charge in [0.05, 0.1) is 10.6 Å². The Kier molecular flexibility index (Phi) is 6.38. The van der Waals surface area contributed by atoms with E-state index in [1.165, 1.54) is 6.08 Å². The molecule has 172 valence electrons. The van der Waals surface area contributed by atoms with Gasteiger partial charge in [0.2, 0.25) is 11.8 Å². The summed E-state index contributed by atoms with van der Waals surface area (Å²) in [7, 11) is 0. The van der Waals surface area contributed by atoms with E-state index in [4.69, 9.17) is 32.7 Å². The molecule has 2 aromatic carbocycles. The minimum atomic E-state index is -0.403. The quantitative estimate of drug-likeness (QED) is 0.215. The fourth-order valence-corrected chi connectivity index (χ4v) is 3.74. The van der Waals surface area contributed by atoms with E-state index in [-0.39, 0.29) is 5.11 Å². The standard InChI is InChI=1S/C26H17ClN4O3S/c27-20-11-8-17(15-19(20)25-31-24-22(34-25)7-4-14-28-24)29-26(35)30-23(32)13-10-18-9-12-21(33-18)16-5-2-1-3-6-16/h1-15H,(H2,29,30,32,35)/b13-10+. The van der Waals surface area contributed by atoms with Crippen molar-refractivity contribution in [2.45, 2.75) is 0 Å². The number of furan rings is 1. The third-order valence-corrected chi connectivity index (χ3v) is 5.47. The highest BCUT2D eigenvalue weighted by Gasteiger charge is 2.14. The van der Waals surface area contributed by atoms with Crippen LogP contribution in [0.4, 0.5) is 5.69 Å². The number of fused-ring (bicyclic) bond motifs is 1. The molecule has 5 rings (SSSR count). The highest BCUT2D eigenvalue weighted by Crippen LogP contribution is 2.31. The van der Waals surface area contributed by atoms with Crippen LogP contribution in [-0.2, 0) is 4.79 Å². The predicted octanol–water partition coefficient (Wildman–Crippen LogP) is 6.33. The Hall–Kier alpha value is -4.27. The lowest BCUT2D eigenvalue weighted by atomic mass is 10.2. The number of rotatable bonds is 5. The van der Waals surface area contributed by atoms with E-state index in [1.54, 1.807) is 48.7 Å². The average Bonchev–Trinajstić information content (AvgIpc) is 3.52. The van der Waals surface area contributed by atoms with Gasteiger partial charge < -0.3 is 14.2 Å². The summed E-state index contributed by atoms with van der Waals surface area (Å²) in [5, 5.41) is 6.14. The van der Waals surface area contributed by atoms with Gasteiger partial charge in [-0.05, 0) is 60.8 Å². The zero-order valence-corrected chi connectivity index (χ0v) is 19.6. The third-order valence-electron chi connectivity index (χ3n) is 4.94. The maximum absolute atomic E-state index is 12.3. The molecule has 3 heterocycles. The molecule has 0 aliphatic rings. The van der Waals surface area contributed by atoms with Crippen LogP contribution in [0.15, 0.2) is 93.9 Å². The molecule has 0 saturated heterocycles. The highest BCUT2D eigenvalue weighted by molar-refractivity contribution is 7.80. The van der Waals surface area contributed by atoms with Crippen molar-refractivity contribution in [2.75, 3.05) is 5.32 Å². The van der Waals surface area contributed by atoms with Crippen molar-refractivity contribution in [2.24, 2.45) is 0 Å². The Morgan fingerprint density at radius 3 is 2.69 bits per heavy atom. The van der Waals surface area contributed by atoms with Gasteiger partial charge in [0.25, 0.3) is 0 Å². The monoisotopic (exact) mass is 500 g/mol. The lowest BCUT2D eigenvalue weighted by Gasteiger charge is -2.09. The van der Waals surface area contributed by atoms with E-state index < -0.39 is 5.91 Å². The first kappa shape index (κ1) is 22.5. The lowest BCUT2D eigenvalue weighted by Crippen LogP contribution is -2.32. The molecular weight excluding hydrogens is 484 g/mol. The molecule has 0 atom stereocenters. The van der Waals surface area contributed by atoms with Gasteiger partial charge in [0.15, 0.2) is 16.3 Å². The molecule has 0 bridgehead atoms. The molecule has 7 nitrogen and oxygen atoms in total. The maximum Gasteiger partial charge on any atom is 0.250 e. The highest BCUT2D eigenvalue weighted by atomic mass is 35.5. The maximum atomic E-state index is 12.3. The number of amides is 1. The Balaban J connectivity index is 1.23. The molecule has 0 fully saturated rings. The third kappa shape index (κ3) is 5.29. The van der Waals surface area contributed by atoms with Crippen LogP contribution in [0.2, 0.25) is 5.02 Å². The van der Waals surface area contributed by atoms with Crippen LogP contribution in [0.25, 0.3) is 40.1 Å². The summed E-state index contributed by atoms with van der Waals surface area (Å²) in [5.74, 6) is 1.20. The second-order valence-electron chi connectivity index (χ2n) is 7.38. The summed E-state index contributed by atoms with van der Waals surface area (Å²) >= 11 is 11.6. The van der Waals surface area contributed by atoms with Gasteiger partial charge in [-0.15, -0.1) is 0 Å². The van der Waals surface area contributed by atoms with Gasteiger partial charge in [0.1, 0.15) is 11.5 Å². The molecule has 0 aliphatic carbocycles. The number of hydrogen-bond donors (Lipinski definition) is 2. The number of anilines is 1. The zero-order valence-electron chi connectivity index (χ0n) is 18.1. The fourth-order valence-electron chi connectivity index (χ4n) is 3.32. The van der Waals surface area contributed by atoms with E-state index in [0.717, 1.165) is 11.3 Å². The smallest absolute Gasteiger partial charge is 0.250 e. The topological polar surface area (TPSA) is 93.2 Å². The molecule has 1 amide bonds. The van der Waals surface area contributed by atoms with Crippen molar-refractivity contribution in [3.63, 3.8) is 0 Å². The van der Waals surface area contributed by atoms with Gasteiger partial charge in [-0.3, -0.25) is 10.1 Å². The van der Waals surface area contributed by atoms with Crippen molar-refractivity contribution in [1.82, 2.24) is 15.3 Å². The molecule has 0 aliphatic heterocycles. The molecular formula is C26H17ClN4O3S. The number of oxazole rings is 1. The predicted molar refractivity (Wildman–Crippen MR) is 140 cm³/mol. The van der Waals surface area contributed by atoms with E-state index in [0.29, 0.717) is 39.2 Å². The SMILES string of the molecule is O=C(/C=C/c1ccc(-c2ccccc2)o1)NC(=S)Nc1ccc(Cl)c(-c2nc3ncccc3o2)c1. The number of nitrogens with zero attached hydrogens (tertiary/aromatic N) is 2. The number of thiocarbonyl (C=S) groups is 1. The van der Waals surface area contributed by atoms with Crippen LogP contribution in [-0.4, -0.2) is 21.0 Å². The van der Waals surface area contributed by atoms with Crippen LogP contribution in [0.5, 0.6) is 0 Å². The first-order chi connectivity index (χ1) is 17.0. The molecule has 3 aromatic heterocycles. The minimum absolute atomic E-state index is 0.122. The Morgan fingerprint density at radius 1 is 1.00 bits per heavy atom. The number of nitrogens with one attached hydrogen (secondary N) is 2. The second-order valence-corrected chi connectivity index (χ2v) is 8.20. The minimum Gasteiger partial charge on any atom is -0.457 e. The van der Waals surface area contributed by atoms with Gasteiger partial charge in [-0.1, -0.05) is 41.9 Å². The summed E-state index contributed by atoms with van der Waals surface area (Å²) < 4.78 is 11.5. The summed E-state index contributed by atoms with van der Waals surface area (Å²) in [5.41, 5.74) is 3.17. The van der Waals surface area contributed by atoms with Crippen molar-refractivity contribution in [3.8, 4) is 22.8 Å². The van der Waals surface area contributed by atoms with Crippen molar-refractivity contribution < 1.29 is 13.6 Å². The Labute approximate surface area is 210 Å². The van der Waals surface area contributed by atoms with Crippen LogP contribution in [0, 0.1) is 0 Å². The Bertz CT molecular complexity index is 1530. The van der Waals surface area contributed by atoms with E-state index in [2.05, 4.69) is 20.6 Å². The number of aromatic nitrogens is 2. The van der Waals surface area contributed by atoms with Crippen LogP contribution >= 0.6 is 23.8 Å². The number of benzene rings is 2. The molecule has 0 spiro atoms. The van der Waals surface area contributed by atoms with Crippen molar-refractivity contribution >= 4 is 57.8 Å². The number of pyridine rings is 1. The zero-order chi connectivity index (χ0) is 24.2. The first-order valence-electron chi connectivity index (χ1n) is 10.5. The summed E-state index contributed by atoms with van der Waals surface area (Å²) in [6.07, 6.45) is 4.56. The average molecular weight is 501 g/mol. The van der Waals surface area contributed by atoms with Crippen molar-refractivity contribution in [1.29, 1.82) is 0 Å². The Morgan fingerprint density at radius 2 is 1.86 bits per heavy atom. The molecule has 35 heavy (non-hydrogen) atoms. The van der Waals surface area contributed by atoms with Gasteiger partial charge >= 0.3 is 0 Å². The largest absolute Gasteiger partial charge is 0.457 e. The van der Waals surface area contributed by atoms with Gasteiger partial charge in [0, 0.05) is 23.5 Å². The van der Waals surface area contributed by atoms with Gasteiger partial charge in [-0.25, -0.2) is 4.98 Å². The summed E-state index contributed by atoms with van der Waals surface area (Å²) in [4.78, 5) is 20.9. The van der Waals surface area contributed by atoms with Gasteiger partial charge in [-0.2, -0.15) is 4.98 Å². The van der Waals surface area contributed by atoms with Crippen LogP contribution < -0.4 is 10.6 Å².